The Kier molecular flexibility index (Phi) is 9.70. The van der Waals surface area contributed by atoms with Gasteiger partial charge in [0.2, 0.25) is 5.91 Å². The minimum Gasteiger partial charge on any atom is -0.483 e. The van der Waals surface area contributed by atoms with Crippen molar-refractivity contribution in [3.8, 4) is 5.75 Å². The van der Waals surface area contributed by atoms with Crippen LogP contribution in [0.15, 0.2) is 40.9 Å². The first-order chi connectivity index (χ1) is 14.9. The lowest BCUT2D eigenvalue weighted by molar-refractivity contribution is -0.143. The summed E-state index contributed by atoms with van der Waals surface area (Å²) in [5.41, 5.74) is 0.237. The molecule has 0 bridgehead atoms. The second kappa shape index (κ2) is 11.6. The molecular formula is C23H26BrCl3N2O3. The van der Waals surface area contributed by atoms with E-state index in [4.69, 9.17) is 39.5 Å². The first kappa shape index (κ1) is 26.8. The van der Waals surface area contributed by atoms with Crippen LogP contribution >= 0.6 is 50.7 Å². The minimum atomic E-state index is -0.703. The summed E-state index contributed by atoms with van der Waals surface area (Å²) >= 11 is 21.7. The molecule has 0 saturated carbocycles. The summed E-state index contributed by atoms with van der Waals surface area (Å²) in [7, 11) is 0. The molecule has 0 fully saturated rings. The van der Waals surface area contributed by atoms with Crippen LogP contribution in [0, 0.1) is 0 Å². The van der Waals surface area contributed by atoms with E-state index in [-0.39, 0.29) is 25.0 Å². The van der Waals surface area contributed by atoms with E-state index in [1.54, 1.807) is 36.4 Å². The van der Waals surface area contributed by atoms with E-state index in [0.29, 0.717) is 37.3 Å². The Balaban J connectivity index is 2.30. The summed E-state index contributed by atoms with van der Waals surface area (Å²) in [4.78, 5) is 27.8. The van der Waals surface area contributed by atoms with E-state index in [0.717, 1.165) is 0 Å². The highest BCUT2D eigenvalue weighted by atomic mass is 79.9. The van der Waals surface area contributed by atoms with Gasteiger partial charge in [-0.05, 0) is 79.0 Å². The molecule has 9 heteroatoms. The van der Waals surface area contributed by atoms with E-state index < -0.39 is 11.6 Å². The molecule has 0 aliphatic rings. The Hall–Kier alpha value is -1.47. The van der Waals surface area contributed by atoms with Gasteiger partial charge in [-0.1, -0.05) is 47.8 Å². The highest BCUT2D eigenvalue weighted by Gasteiger charge is 2.31. The number of ether oxygens (including phenoxy) is 1. The number of amides is 2. The standard InChI is InChI=1S/C23H26BrCl3N2O3/c1-5-19(22(31)28-23(2,3)4)29(12-14-6-7-16(26)11-18(14)27)21(30)13-32-20-9-8-15(25)10-17(20)24/h6-11,19H,5,12-13H2,1-4H3,(H,28,31)/t19-/m0/s1. The number of benzene rings is 2. The molecule has 0 radical (unpaired) electrons. The molecule has 2 amide bonds. The van der Waals surface area contributed by atoms with Crippen LogP contribution in [0.4, 0.5) is 0 Å². The third-order valence-electron chi connectivity index (χ3n) is 4.48. The van der Waals surface area contributed by atoms with Gasteiger partial charge in [0.25, 0.3) is 5.91 Å². The molecule has 0 spiro atoms. The fourth-order valence-electron chi connectivity index (χ4n) is 3.02. The SMILES string of the molecule is CC[C@@H](C(=O)NC(C)(C)C)N(Cc1ccc(Cl)cc1Cl)C(=O)COc1ccc(Cl)cc1Br. The van der Waals surface area contributed by atoms with E-state index in [1.165, 1.54) is 4.90 Å². The highest BCUT2D eigenvalue weighted by molar-refractivity contribution is 9.10. The number of hydrogen-bond donors (Lipinski definition) is 1. The number of carbonyl (C=O) groups is 2. The first-order valence-corrected chi connectivity index (χ1v) is 12.0. The third-order valence-corrected chi connectivity index (χ3v) is 5.93. The van der Waals surface area contributed by atoms with Crippen LogP contribution < -0.4 is 10.1 Å². The molecule has 1 atom stereocenters. The Morgan fingerprint density at radius 3 is 2.28 bits per heavy atom. The van der Waals surface area contributed by atoms with Crippen molar-refractivity contribution >= 4 is 62.5 Å². The van der Waals surface area contributed by atoms with Gasteiger partial charge in [0.1, 0.15) is 11.8 Å². The monoisotopic (exact) mass is 562 g/mol. The largest absolute Gasteiger partial charge is 0.483 e. The van der Waals surface area contributed by atoms with Crippen molar-refractivity contribution in [2.75, 3.05) is 6.61 Å². The molecule has 0 aliphatic carbocycles. The number of carbonyl (C=O) groups excluding carboxylic acids is 2. The lowest BCUT2D eigenvalue weighted by Gasteiger charge is -2.33. The van der Waals surface area contributed by atoms with Crippen LogP contribution in [-0.4, -0.2) is 34.9 Å². The van der Waals surface area contributed by atoms with Crippen molar-refractivity contribution in [2.45, 2.75) is 52.2 Å². The number of nitrogens with one attached hydrogen (secondary N) is 1. The molecule has 0 saturated heterocycles. The lowest BCUT2D eigenvalue weighted by atomic mass is 10.1. The zero-order valence-electron chi connectivity index (χ0n) is 18.3. The molecule has 1 N–H and O–H groups in total. The van der Waals surface area contributed by atoms with Gasteiger partial charge in [0.05, 0.1) is 4.47 Å². The van der Waals surface area contributed by atoms with Crippen molar-refractivity contribution in [3.05, 3.63) is 61.5 Å². The van der Waals surface area contributed by atoms with Crippen LogP contribution in [0.25, 0.3) is 0 Å². The first-order valence-electron chi connectivity index (χ1n) is 10.0. The van der Waals surface area contributed by atoms with Gasteiger partial charge in [0, 0.05) is 27.2 Å². The van der Waals surface area contributed by atoms with Gasteiger partial charge in [-0.25, -0.2) is 0 Å². The molecule has 2 aromatic carbocycles. The van der Waals surface area contributed by atoms with E-state index in [1.807, 2.05) is 27.7 Å². The molecule has 2 rings (SSSR count). The number of halogens is 4. The van der Waals surface area contributed by atoms with Crippen LogP contribution in [0.1, 0.15) is 39.7 Å². The zero-order chi connectivity index (χ0) is 24.1. The highest BCUT2D eigenvalue weighted by Crippen LogP contribution is 2.28. The maximum atomic E-state index is 13.3. The van der Waals surface area contributed by atoms with Crippen molar-refractivity contribution in [1.82, 2.24) is 10.2 Å². The second-order valence-electron chi connectivity index (χ2n) is 8.28. The van der Waals surface area contributed by atoms with Crippen LogP contribution in [0.2, 0.25) is 15.1 Å². The van der Waals surface area contributed by atoms with Gasteiger partial charge in [-0.3, -0.25) is 9.59 Å². The molecule has 32 heavy (non-hydrogen) atoms. The topological polar surface area (TPSA) is 58.6 Å². The van der Waals surface area contributed by atoms with Crippen LogP contribution in [0.3, 0.4) is 0 Å². The maximum absolute atomic E-state index is 13.3. The van der Waals surface area contributed by atoms with Gasteiger partial charge < -0.3 is 15.0 Å². The van der Waals surface area contributed by atoms with Crippen LogP contribution in [0.5, 0.6) is 5.75 Å². The molecule has 174 valence electrons. The summed E-state index contributed by atoms with van der Waals surface area (Å²) < 4.78 is 6.34. The zero-order valence-corrected chi connectivity index (χ0v) is 22.2. The van der Waals surface area contributed by atoms with E-state index >= 15 is 0 Å². The average Bonchev–Trinajstić information content (AvgIpc) is 2.67. The van der Waals surface area contributed by atoms with Crippen LogP contribution in [-0.2, 0) is 16.1 Å². The summed E-state index contributed by atoms with van der Waals surface area (Å²) in [6.45, 7) is 7.40. The van der Waals surface area contributed by atoms with E-state index in [9.17, 15) is 9.59 Å². The normalized spacial score (nSPS) is 12.2. The van der Waals surface area contributed by atoms with Gasteiger partial charge >= 0.3 is 0 Å². The second-order valence-corrected chi connectivity index (χ2v) is 10.4. The number of nitrogens with zero attached hydrogens (tertiary/aromatic N) is 1. The smallest absolute Gasteiger partial charge is 0.261 e. The minimum absolute atomic E-state index is 0.135. The van der Waals surface area contributed by atoms with E-state index in [2.05, 4.69) is 21.2 Å². The van der Waals surface area contributed by atoms with Gasteiger partial charge in [0.15, 0.2) is 6.61 Å². The molecule has 2 aromatic rings. The summed E-state index contributed by atoms with van der Waals surface area (Å²) in [5.74, 6) is -0.126. The third kappa shape index (κ3) is 7.84. The summed E-state index contributed by atoms with van der Waals surface area (Å²) in [5, 5.41) is 4.41. The molecule has 0 aromatic heterocycles. The molecular weight excluding hydrogens is 539 g/mol. The molecule has 0 heterocycles. The predicted octanol–water partition coefficient (Wildman–Crippen LogP) is 6.51. The van der Waals surface area contributed by atoms with Gasteiger partial charge in [-0.2, -0.15) is 0 Å². The summed E-state index contributed by atoms with van der Waals surface area (Å²) in [6.07, 6.45) is 0.420. The Labute approximate surface area is 212 Å². The number of hydrogen-bond acceptors (Lipinski definition) is 3. The van der Waals surface area contributed by atoms with Gasteiger partial charge in [-0.15, -0.1) is 0 Å². The predicted molar refractivity (Wildman–Crippen MR) is 134 cm³/mol. The van der Waals surface area contributed by atoms with Crippen molar-refractivity contribution < 1.29 is 14.3 Å². The average molecular weight is 565 g/mol. The Morgan fingerprint density at radius 2 is 1.72 bits per heavy atom. The van der Waals surface area contributed by atoms with Crippen molar-refractivity contribution in [1.29, 1.82) is 0 Å². The quantitative estimate of drug-likeness (QED) is 0.398. The molecule has 0 aliphatic heterocycles. The molecule has 5 nitrogen and oxygen atoms in total. The fraction of sp³-hybridized carbons (Fsp3) is 0.391. The maximum Gasteiger partial charge on any atom is 0.261 e. The van der Waals surface area contributed by atoms with Crippen molar-refractivity contribution in [3.63, 3.8) is 0 Å². The summed E-state index contributed by atoms with van der Waals surface area (Å²) in [6, 6.07) is 9.37. The Morgan fingerprint density at radius 1 is 1.09 bits per heavy atom. The molecule has 0 unspecified atom stereocenters. The van der Waals surface area contributed by atoms with Crippen molar-refractivity contribution in [2.24, 2.45) is 0 Å². The lowest BCUT2D eigenvalue weighted by Crippen LogP contribution is -2.54. The Bertz CT molecular complexity index is 979. The number of rotatable bonds is 8. The fourth-order valence-corrected chi connectivity index (χ4v) is 4.29.